The first-order valence-corrected chi connectivity index (χ1v) is 8.03. The zero-order chi connectivity index (χ0) is 17.2. The van der Waals surface area contributed by atoms with E-state index in [0.29, 0.717) is 17.9 Å². The molecule has 0 aliphatic rings. The molecule has 0 radical (unpaired) electrons. The van der Waals surface area contributed by atoms with Gasteiger partial charge in [-0.25, -0.2) is 14.8 Å². The van der Waals surface area contributed by atoms with Gasteiger partial charge in [-0.15, -0.1) is 0 Å². The van der Waals surface area contributed by atoms with E-state index in [4.69, 9.17) is 4.74 Å². The number of nitrogens with zero attached hydrogens (tertiary/aromatic N) is 3. The molecule has 0 saturated carbocycles. The van der Waals surface area contributed by atoms with E-state index in [2.05, 4.69) is 15.3 Å². The van der Waals surface area contributed by atoms with Crippen LogP contribution in [0.2, 0.25) is 0 Å². The molecule has 4 rings (SSSR count). The molecule has 0 aliphatic heterocycles. The zero-order valence-corrected chi connectivity index (χ0v) is 13.6. The summed E-state index contributed by atoms with van der Waals surface area (Å²) in [4.78, 5) is 21.3. The molecule has 6 nitrogen and oxygen atoms in total. The molecule has 0 amide bonds. The van der Waals surface area contributed by atoms with Gasteiger partial charge in [-0.1, -0.05) is 24.3 Å². The van der Waals surface area contributed by atoms with E-state index in [1.165, 1.54) is 0 Å². The maximum atomic E-state index is 12.2. The van der Waals surface area contributed by atoms with Crippen LogP contribution in [-0.4, -0.2) is 26.9 Å². The summed E-state index contributed by atoms with van der Waals surface area (Å²) in [5.74, 6) is 0.0712. The van der Waals surface area contributed by atoms with Gasteiger partial charge in [0.1, 0.15) is 11.2 Å². The Morgan fingerprint density at radius 3 is 2.72 bits per heavy atom. The summed E-state index contributed by atoms with van der Waals surface area (Å²) >= 11 is 0. The molecule has 1 aromatic carbocycles. The number of nitrogens with one attached hydrogen (secondary N) is 1. The monoisotopic (exact) mass is 332 g/mol. The first-order valence-electron chi connectivity index (χ1n) is 8.03. The summed E-state index contributed by atoms with van der Waals surface area (Å²) < 4.78 is 7.04. The summed E-state index contributed by atoms with van der Waals surface area (Å²) in [6, 6.07) is 17.1. The second-order valence-corrected chi connectivity index (χ2v) is 5.48. The van der Waals surface area contributed by atoms with Crippen LogP contribution in [0.4, 0.5) is 11.5 Å². The summed E-state index contributed by atoms with van der Waals surface area (Å²) in [5, 5.41) is 3.25. The number of carbonyl (C=O) groups excluding carboxylic acids is 1. The average molecular weight is 332 g/mol. The van der Waals surface area contributed by atoms with Gasteiger partial charge < -0.3 is 10.1 Å². The first kappa shape index (κ1) is 15.1. The van der Waals surface area contributed by atoms with Crippen molar-refractivity contribution in [1.82, 2.24) is 14.4 Å². The Labute approximate surface area is 144 Å². The fourth-order valence-electron chi connectivity index (χ4n) is 2.72. The summed E-state index contributed by atoms with van der Waals surface area (Å²) in [6.07, 6.45) is 1.91. The standard InChI is InChI=1S/C19H16N4O2/c1-2-25-19(24)14-12-15-17(22-16-10-6-7-11-23(15)16)18(21-14)20-13-8-4-3-5-9-13/h3-12H,2H2,1H3,(H,20,21). The van der Waals surface area contributed by atoms with Crippen LogP contribution in [-0.2, 0) is 4.74 Å². The number of hydrogen-bond acceptors (Lipinski definition) is 5. The average Bonchev–Trinajstić information content (AvgIpc) is 3.02. The van der Waals surface area contributed by atoms with Crippen LogP contribution in [0.1, 0.15) is 17.4 Å². The highest BCUT2D eigenvalue weighted by atomic mass is 16.5. The van der Waals surface area contributed by atoms with Gasteiger partial charge >= 0.3 is 5.97 Å². The van der Waals surface area contributed by atoms with Crippen LogP contribution in [0.15, 0.2) is 60.8 Å². The normalized spacial score (nSPS) is 10.9. The number of pyridine rings is 2. The van der Waals surface area contributed by atoms with Crippen molar-refractivity contribution in [2.45, 2.75) is 6.92 Å². The number of hydrogen-bond donors (Lipinski definition) is 1. The Bertz CT molecular complexity index is 1060. The molecule has 4 aromatic rings. The van der Waals surface area contributed by atoms with Crippen molar-refractivity contribution in [3.8, 4) is 0 Å². The molecule has 25 heavy (non-hydrogen) atoms. The number of esters is 1. The molecule has 3 heterocycles. The maximum absolute atomic E-state index is 12.2. The Hall–Kier alpha value is -3.41. The van der Waals surface area contributed by atoms with Gasteiger partial charge in [0, 0.05) is 11.9 Å². The minimum absolute atomic E-state index is 0.249. The number of aromatic nitrogens is 3. The van der Waals surface area contributed by atoms with E-state index in [9.17, 15) is 4.79 Å². The Kier molecular flexibility index (Phi) is 3.78. The molecule has 0 fully saturated rings. The number of carbonyl (C=O) groups is 1. The largest absolute Gasteiger partial charge is 0.461 e. The molecule has 0 unspecified atom stereocenters. The van der Waals surface area contributed by atoms with E-state index in [1.54, 1.807) is 13.0 Å². The predicted molar refractivity (Wildman–Crippen MR) is 96.2 cm³/mol. The number of rotatable bonds is 4. The van der Waals surface area contributed by atoms with Gasteiger partial charge in [-0.2, -0.15) is 0 Å². The van der Waals surface area contributed by atoms with Gasteiger partial charge in [-0.3, -0.25) is 4.40 Å². The van der Waals surface area contributed by atoms with Crippen LogP contribution in [0.3, 0.4) is 0 Å². The smallest absolute Gasteiger partial charge is 0.357 e. The lowest BCUT2D eigenvalue weighted by Crippen LogP contribution is -2.09. The van der Waals surface area contributed by atoms with Gasteiger partial charge in [0.05, 0.1) is 12.1 Å². The first-order chi connectivity index (χ1) is 12.3. The molecule has 0 spiro atoms. The van der Waals surface area contributed by atoms with Gasteiger partial charge in [0.15, 0.2) is 11.5 Å². The molecule has 6 heteroatoms. The summed E-state index contributed by atoms with van der Waals surface area (Å²) in [6.45, 7) is 2.07. The molecule has 1 N–H and O–H groups in total. The van der Waals surface area contributed by atoms with Crippen molar-refractivity contribution < 1.29 is 9.53 Å². The molecule has 0 saturated heterocycles. The lowest BCUT2D eigenvalue weighted by molar-refractivity contribution is 0.0520. The maximum Gasteiger partial charge on any atom is 0.357 e. The number of fused-ring (bicyclic) bond motifs is 3. The van der Waals surface area contributed by atoms with E-state index >= 15 is 0 Å². The number of anilines is 2. The van der Waals surface area contributed by atoms with Crippen molar-refractivity contribution in [2.75, 3.05) is 11.9 Å². The highest BCUT2D eigenvalue weighted by Gasteiger charge is 2.17. The van der Waals surface area contributed by atoms with E-state index < -0.39 is 5.97 Å². The van der Waals surface area contributed by atoms with Crippen LogP contribution in [0, 0.1) is 0 Å². The lowest BCUT2D eigenvalue weighted by Gasteiger charge is -2.08. The minimum atomic E-state index is -0.452. The number of para-hydroxylation sites is 1. The topological polar surface area (TPSA) is 68.5 Å². The Morgan fingerprint density at radius 1 is 1.12 bits per heavy atom. The molecule has 0 atom stereocenters. The molecular weight excluding hydrogens is 316 g/mol. The fourth-order valence-corrected chi connectivity index (χ4v) is 2.72. The Balaban J connectivity index is 1.93. The van der Waals surface area contributed by atoms with Crippen molar-refractivity contribution >= 4 is 34.2 Å². The van der Waals surface area contributed by atoms with Crippen molar-refractivity contribution in [3.05, 3.63) is 66.5 Å². The van der Waals surface area contributed by atoms with Crippen molar-refractivity contribution in [2.24, 2.45) is 0 Å². The second-order valence-electron chi connectivity index (χ2n) is 5.48. The zero-order valence-electron chi connectivity index (χ0n) is 13.6. The molecule has 3 aromatic heterocycles. The lowest BCUT2D eigenvalue weighted by atomic mass is 10.2. The third-order valence-electron chi connectivity index (χ3n) is 3.82. The third-order valence-corrected chi connectivity index (χ3v) is 3.82. The SMILES string of the molecule is CCOC(=O)c1cc2c(nc3ccccn32)c(Nc2ccccc2)n1. The quantitative estimate of drug-likeness (QED) is 0.576. The van der Waals surface area contributed by atoms with Crippen molar-refractivity contribution in [3.63, 3.8) is 0 Å². The van der Waals surface area contributed by atoms with Gasteiger partial charge in [0.2, 0.25) is 0 Å². The molecule has 124 valence electrons. The molecular formula is C19H16N4O2. The second kappa shape index (κ2) is 6.24. The van der Waals surface area contributed by atoms with E-state index in [0.717, 1.165) is 16.9 Å². The fraction of sp³-hybridized carbons (Fsp3) is 0.105. The molecule has 0 bridgehead atoms. The van der Waals surface area contributed by atoms with E-state index in [-0.39, 0.29) is 5.69 Å². The van der Waals surface area contributed by atoms with Crippen molar-refractivity contribution in [1.29, 1.82) is 0 Å². The minimum Gasteiger partial charge on any atom is -0.461 e. The van der Waals surface area contributed by atoms with E-state index in [1.807, 2.05) is 59.1 Å². The number of ether oxygens (including phenoxy) is 1. The molecule has 0 aliphatic carbocycles. The highest BCUT2D eigenvalue weighted by molar-refractivity contribution is 5.97. The van der Waals surface area contributed by atoms with Crippen LogP contribution in [0.5, 0.6) is 0 Å². The van der Waals surface area contributed by atoms with Gasteiger partial charge in [0.25, 0.3) is 0 Å². The van der Waals surface area contributed by atoms with Crippen LogP contribution < -0.4 is 5.32 Å². The predicted octanol–water partition coefficient (Wildman–Crippen LogP) is 3.80. The van der Waals surface area contributed by atoms with Gasteiger partial charge in [-0.05, 0) is 37.3 Å². The Morgan fingerprint density at radius 2 is 1.92 bits per heavy atom. The summed E-state index contributed by atoms with van der Waals surface area (Å²) in [7, 11) is 0. The highest BCUT2D eigenvalue weighted by Crippen LogP contribution is 2.26. The number of imidazole rings is 1. The third kappa shape index (κ3) is 2.78. The summed E-state index contributed by atoms with van der Waals surface area (Å²) in [5.41, 5.74) is 3.40. The van der Waals surface area contributed by atoms with Crippen LogP contribution >= 0.6 is 0 Å². The van der Waals surface area contributed by atoms with Crippen LogP contribution in [0.25, 0.3) is 16.7 Å². The number of benzene rings is 1.